The summed E-state index contributed by atoms with van der Waals surface area (Å²) in [6.45, 7) is 2.34. The van der Waals surface area contributed by atoms with Gasteiger partial charge in [-0.15, -0.1) is 0 Å². The van der Waals surface area contributed by atoms with Gasteiger partial charge in [0.1, 0.15) is 16.7 Å². The fraction of sp³-hybridized carbons (Fsp3) is 0.429. The number of aryl methyl sites for hydroxylation is 1. The van der Waals surface area contributed by atoms with E-state index in [4.69, 9.17) is 11.6 Å². The molecule has 0 unspecified atom stereocenters. The van der Waals surface area contributed by atoms with Gasteiger partial charge in [0.15, 0.2) is 0 Å². The van der Waals surface area contributed by atoms with Crippen molar-refractivity contribution in [3.8, 4) is 11.1 Å². The monoisotopic (exact) mass is 348 g/mol. The van der Waals surface area contributed by atoms with E-state index < -0.39 is 16.7 Å². The zero-order valence-electron chi connectivity index (χ0n) is 14.0. The molecule has 1 saturated carbocycles. The highest BCUT2D eigenvalue weighted by atomic mass is 35.5. The zero-order valence-corrected chi connectivity index (χ0v) is 14.8. The Morgan fingerprint density at radius 3 is 2.08 bits per heavy atom. The summed E-state index contributed by atoms with van der Waals surface area (Å²) in [5.74, 6) is 0.297. The molecule has 3 rings (SSSR count). The van der Waals surface area contributed by atoms with Crippen molar-refractivity contribution in [3.63, 3.8) is 0 Å². The van der Waals surface area contributed by atoms with Crippen LogP contribution in [0, 0.1) is 23.5 Å². The van der Waals surface area contributed by atoms with Crippen molar-refractivity contribution in [2.24, 2.45) is 11.8 Å². The van der Waals surface area contributed by atoms with Crippen LogP contribution in [0.25, 0.3) is 11.1 Å². The molecule has 128 valence electrons. The summed E-state index contributed by atoms with van der Waals surface area (Å²) in [5, 5.41) is -0.447. The molecule has 0 spiro atoms. The Bertz CT molecular complexity index is 662. The second kappa shape index (κ2) is 7.65. The number of hydrogen-bond donors (Lipinski definition) is 0. The number of hydrogen-bond acceptors (Lipinski definition) is 0. The molecule has 1 aliphatic carbocycles. The third-order valence-electron chi connectivity index (χ3n) is 5.25. The Balaban J connectivity index is 1.63. The highest BCUT2D eigenvalue weighted by molar-refractivity contribution is 6.31. The normalized spacial score (nSPS) is 21.0. The molecule has 0 heterocycles. The highest BCUT2D eigenvalue weighted by Crippen LogP contribution is 2.32. The van der Waals surface area contributed by atoms with Crippen molar-refractivity contribution >= 4 is 11.6 Å². The molecule has 0 nitrogen and oxygen atoms in total. The number of benzene rings is 2. The van der Waals surface area contributed by atoms with Gasteiger partial charge >= 0.3 is 0 Å². The number of halogens is 3. The average molecular weight is 349 g/mol. The van der Waals surface area contributed by atoms with Crippen molar-refractivity contribution in [1.82, 2.24) is 0 Å². The van der Waals surface area contributed by atoms with Crippen molar-refractivity contribution < 1.29 is 8.78 Å². The maximum Gasteiger partial charge on any atom is 0.145 e. The molecule has 0 aromatic heterocycles. The smallest absolute Gasteiger partial charge is 0.145 e. The summed E-state index contributed by atoms with van der Waals surface area (Å²) in [7, 11) is 0. The molecule has 2 aromatic rings. The first kappa shape index (κ1) is 17.4. The molecule has 3 heteroatoms. The Morgan fingerprint density at radius 1 is 0.917 bits per heavy atom. The van der Waals surface area contributed by atoms with Gasteiger partial charge in [0.05, 0.1) is 0 Å². The molecule has 0 bridgehead atoms. The fourth-order valence-electron chi connectivity index (χ4n) is 3.57. The molecule has 24 heavy (non-hydrogen) atoms. The first-order valence-corrected chi connectivity index (χ1v) is 9.14. The van der Waals surface area contributed by atoms with E-state index in [9.17, 15) is 8.78 Å². The maximum atomic E-state index is 13.6. The lowest BCUT2D eigenvalue weighted by Gasteiger charge is -2.26. The predicted molar refractivity (Wildman–Crippen MR) is 96.2 cm³/mol. The summed E-state index contributed by atoms with van der Waals surface area (Å²) >= 11 is 5.54. The summed E-state index contributed by atoms with van der Waals surface area (Å²) in [6, 6.07) is 10.5. The topological polar surface area (TPSA) is 0 Å². The first-order valence-electron chi connectivity index (χ1n) is 8.77. The van der Waals surface area contributed by atoms with Gasteiger partial charge in [-0.2, -0.15) is 0 Å². The SMILES string of the molecule is CC1CCC(CCc2ccc(-c3cc(F)c(Cl)c(F)c3)cc2)CC1. The average Bonchev–Trinajstić information content (AvgIpc) is 2.59. The quantitative estimate of drug-likeness (QED) is 0.519. The second-order valence-corrected chi connectivity index (χ2v) is 7.49. The van der Waals surface area contributed by atoms with Crippen molar-refractivity contribution in [1.29, 1.82) is 0 Å². The minimum absolute atomic E-state index is 0.447. The van der Waals surface area contributed by atoms with E-state index in [1.165, 1.54) is 49.8 Å². The van der Waals surface area contributed by atoms with Gasteiger partial charge < -0.3 is 0 Å². The van der Waals surface area contributed by atoms with Crippen molar-refractivity contribution in [3.05, 3.63) is 58.6 Å². The van der Waals surface area contributed by atoms with Crippen LogP contribution in [0.5, 0.6) is 0 Å². The lowest BCUT2D eigenvalue weighted by Crippen LogP contribution is -2.12. The minimum Gasteiger partial charge on any atom is -0.205 e. The largest absolute Gasteiger partial charge is 0.205 e. The van der Waals surface area contributed by atoms with E-state index in [1.54, 1.807) is 0 Å². The molecule has 0 N–H and O–H groups in total. The molecule has 1 aliphatic rings. The van der Waals surface area contributed by atoms with Crippen LogP contribution in [0.1, 0.15) is 44.6 Å². The molecule has 0 radical (unpaired) electrons. The number of rotatable bonds is 4. The van der Waals surface area contributed by atoms with E-state index >= 15 is 0 Å². The summed E-state index contributed by atoms with van der Waals surface area (Å²) in [4.78, 5) is 0. The van der Waals surface area contributed by atoms with Gasteiger partial charge in [-0.25, -0.2) is 8.78 Å². The highest BCUT2D eigenvalue weighted by Gasteiger charge is 2.17. The zero-order chi connectivity index (χ0) is 17.1. The first-order chi connectivity index (χ1) is 11.5. The van der Waals surface area contributed by atoms with Gasteiger partial charge in [-0.05, 0) is 53.5 Å². The molecular weight excluding hydrogens is 326 g/mol. The molecular formula is C21H23ClF2. The maximum absolute atomic E-state index is 13.6. The fourth-order valence-corrected chi connectivity index (χ4v) is 3.68. The van der Waals surface area contributed by atoms with Crippen LogP contribution in [0.4, 0.5) is 8.78 Å². The van der Waals surface area contributed by atoms with Crippen LogP contribution >= 0.6 is 11.6 Å². The van der Waals surface area contributed by atoms with Crippen LogP contribution in [-0.4, -0.2) is 0 Å². The Labute approximate surface area is 147 Å². The standard InChI is InChI=1S/C21H23ClF2/c1-14-2-4-15(5-3-14)6-7-16-8-10-17(11-9-16)18-12-19(23)21(22)20(24)13-18/h8-15H,2-7H2,1H3. The molecule has 2 aromatic carbocycles. The van der Waals surface area contributed by atoms with E-state index in [0.717, 1.165) is 23.8 Å². The van der Waals surface area contributed by atoms with Crippen molar-refractivity contribution in [2.75, 3.05) is 0 Å². The predicted octanol–water partition coefficient (Wildman–Crippen LogP) is 7.04. The molecule has 0 aliphatic heterocycles. The minimum atomic E-state index is -0.720. The van der Waals surface area contributed by atoms with Crippen LogP contribution in [0.15, 0.2) is 36.4 Å². The van der Waals surface area contributed by atoms with E-state index in [2.05, 4.69) is 19.1 Å². The van der Waals surface area contributed by atoms with Crippen molar-refractivity contribution in [2.45, 2.75) is 45.4 Å². The molecule has 1 fully saturated rings. The summed E-state index contributed by atoms with van der Waals surface area (Å²) < 4.78 is 27.2. The summed E-state index contributed by atoms with van der Waals surface area (Å²) in [6.07, 6.45) is 7.72. The summed E-state index contributed by atoms with van der Waals surface area (Å²) in [5.41, 5.74) is 2.61. The lowest BCUT2D eigenvalue weighted by molar-refractivity contribution is 0.278. The van der Waals surface area contributed by atoms with Crippen LogP contribution in [-0.2, 0) is 6.42 Å². The lowest BCUT2D eigenvalue weighted by atomic mass is 9.80. The van der Waals surface area contributed by atoms with E-state index in [-0.39, 0.29) is 0 Å². The van der Waals surface area contributed by atoms with Gasteiger partial charge in [0.2, 0.25) is 0 Å². The molecule has 0 saturated heterocycles. The van der Waals surface area contributed by atoms with Crippen LogP contribution < -0.4 is 0 Å². The molecule has 0 atom stereocenters. The van der Waals surface area contributed by atoms with Gasteiger partial charge in [0.25, 0.3) is 0 Å². The molecule has 0 amide bonds. The second-order valence-electron chi connectivity index (χ2n) is 7.12. The van der Waals surface area contributed by atoms with Crippen LogP contribution in [0.3, 0.4) is 0 Å². The third-order valence-corrected chi connectivity index (χ3v) is 5.61. The Kier molecular flexibility index (Phi) is 5.55. The van der Waals surface area contributed by atoms with Gasteiger partial charge in [-0.1, -0.05) is 68.5 Å². The van der Waals surface area contributed by atoms with E-state index in [0.29, 0.717) is 5.56 Å². The van der Waals surface area contributed by atoms with Gasteiger partial charge in [0, 0.05) is 0 Å². The Morgan fingerprint density at radius 2 is 1.50 bits per heavy atom. The van der Waals surface area contributed by atoms with Crippen LogP contribution in [0.2, 0.25) is 5.02 Å². The Hall–Kier alpha value is -1.41. The van der Waals surface area contributed by atoms with E-state index in [1.807, 2.05) is 12.1 Å². The van der Waals surface area contributed by atoms with Gasteiger partial charge in [-0.3, -0.25) is 0 Å². The third kappa shape index (κ3) is 4.16.